The normalized spacial score (nSPS) is 9.90. The number of benzene rings is 2. The van der Waals surface area contributed by atoms with Crippen LogP contribution < -0.4 is 21.5 Å². The molecule has 0 aliphatic heterocycles. The second kappa shape index (κ2) is 13.9. The lowest BCUT2D eigenvalue weighted by atomic mass is 10.00. The number of carbonyl (C=O) groups excluding carboxylic acids is 1. The Balaban J connectivity index is 0.000000406. The number of methoxy groups -OCH3 is 1. The van der Waals surface area contributed by atoms with Crippen molar-refractivity contribution in [3.8, 4) is 17.0 Å². The highest BCUT2D eigenvalue weighted by molar-refractivity contribution is 5.90. The van der Waals surface area contributed by atoms with Gasteiger partial charge in [-0.05, 0) is 67.4 Å². The van der Waals surface area contributed by atoms with E-state index in [-0.39, 0.29) is 6.41 Å². The van der Waals surface area contributed by atoms with E-state index in [0.29, 0.717) is 25.2 Å². The summed E-state index contributed by atoms with van der Waals surface area (Å²) in [5.74, 6) is 1.50. The Hall–Kier alpha value is -3.23. The zero-order chi connectivity index (χ0) is 23.2. The standard InChI is InChI=1S/C17H17N3O.C5H13NO.CH3NO/c1-11-8-13(16-6-7-19-17(18-2)20-16)9-12-4-5-14(21-3)10-15(11)12;1-5(2)7-4-3-6;2-1-3/h4-10H,1-3H3,(H,18,19,20);5H,3-4,6H2,1-2H3;1H,(H2,2,3). The molecule has 3 aromatic rings. The van der Waals surface area contributed by atoms with Crippen molar-refractivity contribution in [2.75, 3.05) is 32.6 Å². The number of hydrogen-bond acceptors (Lipinski definition) is 7. The van der Waals surface area contributed by atoms with Crippen molar-refractivity contribution < 1.29 is 14.3 Å². The number of aromatic nitrogens is 2. The summed E-state index contributed by atoms with van der Waals surface area (Å²) in [4.78, 5) is 17.2. The van der Waals surface area contributed by atoms with Gasteiger partial charge in [-0.3, -0.25) is 4.79 Å². The lowest BCUT2D eigenvalue weighted by Gasteiger charge is -2.09. The second-order valence-electron chi connectivity index (χ2n) is 6.74. The van der Waals surface area contributed by atoms with Crippen molar-refractivity contribution in [3.63, 3.8) is 0 Å². The molecule has 0 saturated carbocycles. The number of nitrogens with zero attached hydrogens (tertiary/aromatic N) is 2. The number of amides is 1. The minimum atomic E-state index is 0.250. The van der Waals surface area contributed by atoms with Gasteiger partial charge in [0.2, 0.25) is 12.4 Å². The molecule has 1 heterocycles. The summed E-state index contributed by atoms with van der Waals surface area (Å²) in [5.41, 5.74) is 12.5. The van der Waals surface area contributed by atoms with Crippen LogP contribution in [0.4, 0.5) is 5.95 Å². The highest BCUT2D eigenvalue weighted by Gasteiger charge is 2.06. The molecule has 8 heteroatoms. The van der Waals surface area contributed by atoms with Crippen LogP contribution in [0.5, 0.6) is 5.75 Å². The molecule has 8 nitrogen and oxygen atoms in total. The number of carbonyl (C=O) groups is 1. The Bertz CT molecular complexity index is 948. The van der Waals surface area contributed by atoms with Crippen LogP contribution in [0, 0.1) is 6.92 Å². The summed E-state index contributed by atoms with van der Waals surface area (Å²) in [6.07, 6.45) is 2.34. The van der Waals surface area contributed by atoms with Gasteiger partial charge < -0.3 is 26.3 Å². The first-order valence-corrected chi connectivity index (χ1v) is 9.96. The number of nitrogens with two attached hydrogens (primary N) is 2. The molecule has 1 amide bonds. The van der Waals surface area contributed by atoms with Gasteiger partial charge in [-0.2, -0.15) is 0 Å². The maximum Gasteiger partial charge on any atom is 0.222 e. The molecule has 0 aliphatic carbocycles. The topological polar surface area (TPSA) is 125 Å². The van der Waals surface area contributed by atoms with Crippen molar-refractivity contribution >= 4 is 23.1 Å². The number of rotatable bonds is 6. The lowest BCUT2D eigenvalue weighted by Crippen LogP contribution is -2.12. The summed E-state index contributed by atoms with van der Waals surface area (Å²) in [5, 5.41) is 5.34. The highest BCUT2D eigenvalue weighted by Crippen LogP contribution is 2.29. The van der Waals surface area contributed by atoms with Gasteiger partial charge in [0.15, 0.2) is 0 Å². The number of fused-ring (bicyclic) bond motifs is 1. The zero-order valence-electron chi connectivity index (χ0n) is 18.9. The van der Waals surface area contributed by atoms with E-state index in [9.17, 15) is 0 Å². The van der Waals surface area contributed by atoms with E-state index in [4.69, 9.17) is 20.0 Å². The maximum absolute atomic E-state index is 8.58. The van der Waals surface area contributed by atoms with Crippen molar-refractivity contribution in [1.82, 2.24) is 9.97 Å². The molecule has 3 rings (SSSR count). The SMILES string of the molecule is CC(C)OCCN.CNc1nccc(-c2cc(C)c3cc(OC)ccc3c2)n1.NC=O. The highest BCUT2D eigenvalue weighted by atomic mass is 16.5. The molecule has 0 spiro atoms. The van der Waals surface area contributed by atoms with Crippen LogP contribution in [0.3, 0.4) is 0 Å². The molecular weight excluding hydrogens is 394 g/mol. The monoisotopic (exact) mass is 427 g/mol. The lowest BCUT2D eigenvalue weighted by molar-refractivity contribution is -0.106. The third-order valence-corrected chi connectivity index (χ3v) is 4.11. The Morgan fingerprint density at radius 2 is 1.90 bits per heavy atom. The number of nitrogens with one attached hydrogen (secondary N) is 1. The number of anilines is 1. The van der Waals surface area contributed by atoms with Crippen LogP contribution >= 0.6 is 0 Å². The van der Waals surface area contributed by atoms with E-state index in [1.165, 1.54) is 16.3 Å². The van der Waals surface area contributed by atoms with E-state index in [1.807, 2.05) is 33.0 Å². The van der Waals surface area contributed by atoms with E-state index in [0.717, 1.165) is 17.0 Å². The van der Waals surface area contributed by atoms with Gasteiger partial charge in [0.1, 0.15) is 5.75 Å². The van der Waals surface area contributed by atoms with Gasteiger partial charge in [-0.1, -0.05) is 6.07 Å². The Morgan fingerprint density at radius 3 is 2.45 bits per heavy atom. The predicted octanol–water partition coefficient (Wildman–Crippen LogP) is 3.13. The Labute approximate surface area is 184 Å². The van der Waals surface area contributed by atoms with Gasteiger partial charge in [0.25, 0.3) is 0 Å². The van der Waals surface area contributed by atoms with E-state index >= 15 is 0 Å². The number of primary amides is 1. The van der Waals surface area contributed by atoms with Gasteiger partial charge in [-0.25, -0.2) is 9.97 Å². The summed E-state index contributed by atoms with van der Waals surface area (Å²) < 4.78 is 10.4. The van der Waals surface area contributed by atoms with Gasteiger partial charge >= 0.3 is 0 Å². The minimum absolute atomic E-state index is 0.250. The molecule has 0 aliphatic rings. The maximum atomic E-state index is 8.58. The molecule has 168 valence electrons. The fourth-order valence-electron chi connectivity index (χ4n) is 2.74. The third kappa shape index (κ3) is 8.57. The van der Waals surface area contributed by atoms with Crippen molar-refractivity contribution in [2.45, 2.75) is 26.9 Å². The minimum Gasteiger partial charge on any atom is -0.497 e. The predicted molar refractivity (Wildman–Crippen MR) is 126 cm³/mol. The van der Waals surface area contributed by atoms with Crippen LogP contribution in [-0.2, 0) is 9.53 Å². The molecule has 0 atom stereocenters. The first-order chi connectivity index (χ1) is 14.9. The average Bonchev–Trinajstić information content (AvgIpc) is 2.78. The first kappa shape index (κ1) is 25.8. The average molecular weight is 428 g/mol. The van der Waals surface area contributed by atoms with Gasteiger partial charge in [0, 0.05) is 25.4 Å². The van der Waals surface area contributed by atoms with E-state index < -0.39 is 0 Å². The van der Waals surface area contributed by atoms with Gasteiger partial charge in [0.05, 0.1) is 25.5 Å². The van der Waals surface area contributed by atoms with Gasteiger partial charge in [-0.15, -0.1) is 0 Å². The molecular formula is C23H33N5O3. The van der Waals surface area contributed by atoms with Crippen LogP contribution in [0.1, 0.15) is 19.4 Å². The van der Waals surface area contributed by atoms with Crippen LogP contribution in [0.2, 0.25) is 0 Å². The molecule has 0 unspecified atom stereocenters. The molecule has 0 bridgehead atoms. The largest absolute Gasteiger partial charge is 0.497 e. The summed E-state index contributed by atoms with van der Waals surface area (Å²) in [6.45, 7) is 7.40. The Morgan fingerprint density at radius 1 is 1.19 bits per heavy atom. The number of ether oxygens (including phenoxy) is 2. The van der Waals surface area contributed by atoms with E-state index in [2.05, 4.69) is 52.2 Å². The smallest absolute Gasteiger partial charge is 0.222 e. The zero-order valence-corrected chi connectivity index (χ0v) is 18.9. The quantitative estimate of drug-likeness (QED) is 0.516. The summed E-state index contributed by atoms with van der Waals surface area (Å²) in [7, 11) is 3.50. The summed E-state index contributed by atoms with van der Waals surface area (Å²) >= 11 is 0. The first-order valence-electron chi connectivity index (χ1n) is 9.96. The van der Waals surface area contributed by atoms with Crippen LogP contribution in [-0.4, -0.2) is 49.8 Å². The molecule has 0 fully saturated rings. The molecule has 2 aromatic carbocycles. The van der Waals surface area contributed by atoms with Crippen LogP contribution in [0.25, 0.3) is 22.0 Å². The number of aryl methyl sites for hydroxylation is 1. The fraction of sp³-hybridized carbons (Fsp3) is 0.348. The van der Waals surface area contributed by atoms with Crippen molar-refractivity contribution in [1.29, 1.82) is 0 Å². The molecule has 0 saturated heterocycles. The van der Waals surface area contributed by atoms with E-state index in [1.54, 1.807) is 13.3 Å². The molecule has 5 N–H and O–H groups in total. The van der Waals surface area contributed by atoms with Crippen LogP contribution in [0.15, 0.2) is 42.6 Å². The van der Waals surface area contributed by atoms with Crippen molar-refractivity contribution in [3.05, 3.63) is 48.2 Å². The fourth-order valence-corrected chi connectivity index (χ4v) is 2.74. The number of hydrogen-bond donors (Lipinski definition) is 3. The third-order valence-electron chi connectivity index (χ3n) is 4.11. The second-order valence-corrected chi connectivity index (χ2v) is 6.74. The van der Waals surface area contributed by atoms with Crippen molar-refractivity contribution in [2.24, 2.45) is 11.5 Å². The molecule has 0 radical (unpaired) electrons. The summed E-state index contributed by atoms with van der Waals surface area (Å²) in [6, 6.07) is 12.3. The Kier molecular flexibility index (Phi) is 11.6. The molecule has 1 aromatic heterocycles. The molecule has 31 heavy (non-hydrogen) atoms.